The molecule has 2 aromatic rings. The summed E-state index contributed by atoms with van der Waals surface area (Å²) in [5, 5.41) is 1.05. The molecule has 0 bridgehead atoms. The Balaban J connectivity index is 2.51. The third-order valence-corrected chi connectivity index (χ3v) is 3.38. The molecular weight excluding hydrogens is 248 g/mol. The van der Waals surface area contributed by atoms with Crippen molar-refractivity contribution in [3.63, 3.8) is 0 Å². The van der Waals surface area contributed by atoms with Crippen LogP contribution in [0.5, 0.6) is 5.75 Å². The Morgan fingerprint density at radius 1 is 1.12 bits per heavy atom. The molecule has 0 heterocycles. The van der Waals surface area contributed by atoms with Gasteiger partial charge >= 0.3 is 0 Å². The number of halogens is 1. The van der Waals surface area contributed by atoms with E-state index in [9.17, 15) is 0 Å². The van der Waals surface area contributed by atoms with E-state index in [1.807, 2.05) is 42.5 Å². The monoisotopic (exact) mass is 259 g/mol. The van der Waals surface area contributed by atoms with Gasteiger partial charge in [0.25, 0.3) is 0 Å². The van der Waals surface area contributed by atoms with E-state index in [1.165, 1.54) is 0 Å². The van der Waals surface area contributed by atoms with Crippen molar-refractivity contribution < 1.29 is 4.74 Å². The molecule has 0 fully saturated rings. The van der Waals surface area contributed by atoms with Crippen LogP contribution in [0.15, 0.2) is 42.5 Å². The lowest BCUT2D eigenvalue weighted by atomic mass is 10.0. The van der Waals surface area contributed by atoms with Crippen molar-refractivity contribution in [2.24, 2.45) is 0 Å². The summed E-state index contributed by atoms with van der Waals surface area (Å²) in [6.07, 6.45) is 0. The number of hydrogen-bond donors (Lipinski definition) is 0. The van der Waals surface area contributed by atoms with Gasteiger partial charge in [0, 0.05) is 5.88 Å². The van der Waals surface area contributed by atoms with Gasteiger partial charge in [-0.25, -0.2) is 0 Å². The highest BCUT2D eigenvalue weighted by atomic mass is 35.5. The third-order valence-electron chi connectivity index (χ3n) is 2.67. The molecule has 0 unspecified atom stereocenters. The number of methoxy groups -OCH3 is 1. The number of hydrogen-bond acceptors (Lipinski definition) is 1. The van der Waals surface area contributed by atoms with Gasteiger partial charge in [-0.05, 0) is 28.8 Å². The highest BCUT2D eigenvalue weighted by Gasteiger charge is 2.07. The Kier molecular flexibility index (Phi) is 3.87. The lowest BCUT2D eigenvalue weighted by Gasteiger charge is -2.11. The van der Waals surface area contributed by atoms with E-state index in [1.54, 1.807) is 7.11 Å². The molecule has 0 aliphatic carbocycles. The fourth-order valence-electron chi connectivity index (χ4n) is 1.81. The molecule has 0 atom stereocenters. The van der Waals surface area contributed by atoms with Crippen LogP contribution in [0.4, 0.5) is 0 Å². The summed E-state index contributed by atoms with van der Waals surface area (Å²) in [6.45, 7) is 0. The van der Waals surface area contributed by atoms with Crippen molar-refractivity contribution in [3.8, 4) is 16.9 Å². The lowest BCUT2D eigenvalue weighted by Crippen LogP contribution is -2.08. The summed E-state index contributed by atoms with van der Waals surface area (Å²) in [7, 11) is 5.29. The standard InChI is InChI=1S/C14H12ClOSi/c1-16-12-7-5-10(6-8-12)14-11(9-15)3-2-4-13(14)17/h2-8H,9H2,1H3. The highest BCUT2D eigenvalue weighted by Crippen LogP contribution is 2.25. The maximum atomic E-state index is 5.97. The summed E-state index contributed by atoms with van der Waals surface area (Å²) in [6, 6.07) is 14.0. The van der Waals surface area contributed by atoms with Crippen LogP contribution < -0.4 is 9.92 Å². The van der Waals surface area contributed by atoms with Gasteiger partial charge in [-0.3, -0.25) is 0 Å². The molecule has 0 saturated heterocycles. The fourth-order valence-corrected chi connectivity index (χ4v) is 2.43. The summed E-state index contributed by atoms with van der Waals surface area (Å²) in [4.78, 5) is 0. The number of alkyl halides is 1. The third kappa shape index (κ3) is 2.53. The summed E-state index contributed by atoms with van der Waals surface area (Å²) in [5.74, 6) is 1.35. The van der Waals surface area contributed by atoms with Gasteiger partial charge in [-0.15, -0.1) is 11.6 Å². The van der Waals surface area contributed by atoms with Gasteiger partial charge in [0.05, 0.1) is 17.4 Å². The molecular formula is C14H12ClOSi. The molecule has 0 saturated carbocycles. The molecule has 1 nitrogen and oxygen atoms in total. The molecule has 2 rings (SSSR count). The first kappa shape index (κ1) is 12.2. The van der Waals surface area contributed by atoms with Gasteiger partial charge in [-0.1, -0.05) is 35.5 Å². The Morgan fingerprint density at radius 2 is 1.82 bits per heavy atom. The summed E-state index contributed by atoms with van der Waals surface area (Å²) < 4.78 is 5.15. The Morgan fingerprint density at radius 3 is 2.41 bits per heavy atom. The van der Waals surface area contributed by atoms with Crippen LogP contribution in [0.3, 0.4) is 0 Å². The second-order valence-electron chi connectivity index (χ2n) is 3.70. The number of ether oxygens (including phenoxy) is 1. The Hall–Kier alpha value is -1.25. The predicted octanol–water partition coefficient (Wildman–Crippen LogP) is 2.89. The van der Waals surface area contributed by atoms with Crippen molar-refractivity contribution in [3.05, 3.63) is 48.0 Å². The smallest absolute Gasteiger partial charge is 0.118 e. The topological polar surface area (TPSA) is 9.23 Å². The first-order chi connectivity index (χ1) is 8.26. The van der Waals surface area contributed by atoms with Crippen LogP contribution in [0, 0.1) is 0 Å². The van der Waals surface area contributed by atoms with E-state index < -0.39 is 0 Å². The maximum Gasteiger partial charge on any atom is 0.118 e. The minimum Gasteiger partial charge on any atom is -0.497 e. The second kappa shape index (κ2) is 5.39. The van der Waals surface area contributed by atoms with Crippen molar-refractivity contribution in [1.29, 1.82) is 0 Å². The quantitative estimate of drug-likeness (QED) is 0.608. The molecule has 0 N–H and O–H groups in total. The molecule has 0 amide bonds. The molecule has 3 heteroatoms. The van der Waals surface area contributed by atoms with Crippen LogP contribution in [0.1, 0.15) is 5.56 Å². The van der Waals surface area contributed by atoms with Crippen LogP contribution in [-0.2, 0) is 5.88 Å². The molecule has 0 aliphatic rings. The summed E-state index contributed by atoms with van der Waals surface area (Å²) >= 11 is 5.97. The van der Waals surface area contributed by atoms with Crippen LogP contribution in [0.25, 0.3) is 11.1 Å². The van der Waals surface area contributed by atoms with Gasteiger partial charge in [0.1, 0.15) is 5.75 Å². The van der Waals surface area contributed by atoms with Gasteiger partial charge < -0.3 is 4.74 Å². The molecule has 2 aromatic carbocycles. The Bertz CT molecular complexity index is 508. The average Bonchev–Trinajstić information content (AvgIpc) is 2.38. The van der Waals surface area contributed by atoms with E-state index in [-0.39, 0.29) is 0 Å². The highest BCUT2D eigenvalue weighted by molar-refractivity contribution is 6.36. The van der Waals surface area contributed by atoms with Crippen molar-refractivity contribution in [2.75, 3.05) is 7.11 Å². The summed E-state index contributed by atoms with van der Waals surface area (Å²) in [5.41, 5.74) is 3.39. The minimum absolute atomic E-state index is 0.500. The van der Waals surface area contributed by atoms with Crippen LogP contribution in [-0.4, -0.2) is 17.4 Å². The van der Waals surface area contributed by atoms with Crippen LogP contribution >= 0.6 is 11.6 Å². The Labute approximate surface area is 110 Å². The number of rotatable bonds is 3. The van der Waals surface area contributed by atoms with Crippen molar-refractivity contribution >= 4 is 27.0 Å². The van der Waals surface area contributed by atoms with E-state index in [0.29, 0.717) is 5.88 Å². The predicted molar refractivity (Wildman–Crippen MR) is 73.4 cm³/mol. The van der Waals surface area contributed by atoms with E-state index in [0.717, 1.165) is 27.6 Å². The van der Waals surface area contributed by atoms with Crippen LogP contribution in [0.2, 0.25) is 0 Å². The van der Waals surface area contributed by atoms with Gasteiger partial charge in [0.2, 0.25) is 0 Å². The van der Waals surface area contributed by atoms with E-state index in [4.69, 9.17) is 16.3 Å². The fraction of sp³-hybridized carbons (Fsp3) is 0.143. The zero-order valence-electron chi connectivity index (χ0n) is 9.53. The molecule has 85 valence electrons. The number of benzene rings is 2. The van der Waals surface area contributed by atoms with Gasteiger partial charge in [0.15, 0.2) is 0 Å². The van der Waals surface area contributed by atoms with E-state index in [2.05, 4.69) is 10.2 Å². The normalized spacial score (nSPS) is 10.3. The zero-order valence-corrected chi connectivity index (χ0v) is 11.3. The largest absolute Gasteiger partial charge is 0.497 e. The lowest BCUT2D eigenvalue weighted by molar-refractivity contribution is 0.415. The van der Waals surface area contributed by atoms with E-state index >= 15 is 0 Å². The zero-order chi connectivity index (χ0) is 12.3. The molecule has 17 heavy (non-hydrogen) atoms. The molecule has 0 aromatic heterocycles. The molecule has 0 aliphatic heterocycles. The first-order valence-corrected chi connectivity index (χ1v) is 6.33. The maximum absolute atomic E-state index is 5.97. The van der Waals surface area contributed by atoms with Gasteiger partial charge in [-0.2, -0.15) is 0 Å². The van der Waals surface area contributed by atoms with Crippen molar-refractivity contribution in [1.82, 2.24) is 0 Å². The first-order valence-electron chi connectivity index (χ1n) is 5.30. The van der Waals surface area contributed by atoms with Crippen molar-refractivity contribution in [2.45, 2.75) is 5.88 Å². The molecule has 0 spiro atoms. The second-order valence-corrected chi connectivity index (χ2v) is 4.51. The average molecular weight is 260 g/mol. The SMILES string of the molecule is COc1ccc(-c2c([Si])cccc2CCl)cc1. The molecule has 3 radical (unpaired) electrons. The minimum atomic E-state index is 0.500.